The van der Waals surface area contributed by atoms with Crippen LogP contribution in [0.5, 0.6) is 0 Å². The highest BCUT2D eigenvalue weighted by Crippen LogP contribution is 2.12. The fourth-order valence-corrected chi connectivity index (χ4v) is 5.64. The standard InChI is InChI=1S/C20H25Si/c1-3-5-13-18(12-4-2)21(19-14-8-6-9-15-19)20-16-10-7-11-17-20/h6-11,13-17H,3-5,12H2,1-2H3/b18-13+. The third kappa shape index (κ3) is 4.43. The second-order valence-electron chi connectivity index (χ2n) is 5.38. The quantitative estimate of drug-likeness (QED) is 0.665. The third-order valence-electron chi connectivity index (χ3n) is 3.64. The van der Waals surface area contributed by atoms with Crippen molar-refractivity contribution in [1.29, 1.82) is 0 Å². The minimum absolute atomic E-state index is 0.812. The fourth-order valence-electron chi connectivity index (χ4n) is 2.66. The minimum Gasteiger partial charge on any atom is -0.0887 e. The molecule has 0 aliphatic rings. The van der Waals surface area contributed by atoms with Crippen LogP contribution >= 0.6 is 0 Å². The van der Waals surface area contributed by atoms with Gasteiger partial charge in [-0.1, -0.05) is 109 Å². The van der Waals surface area contributed by atoms with Crippen LogP contribution in [0.15, 0.2) is 71.9 Å². The van der Waals surface area contributed by atoms with Gasteiger partial charge >= 0.3 is 0 Å². The van der Waals surface area contributed by atoms with Crippen LogP contribution in [0.3, 0.4) is 0 Å². The summed E-state index contributed by atoms with van der Waals surface area (Å²) in [6.07, 6.45) is 7.38. The zero-order chi connectivity index (χ0) is 14.9. The van der Waals surface area contributed by atoms with Gasteiger partial charge in [0.05, 0.1) is 0 Å². The molecule has 2 aromatic carbocycles. The highest BCUT2D eigenvalue weighted by molar-refractivity contribution is 6.90. The van der Waals surface area contributed by atoms with E-state index in [1.807, 2.05) is 0 Å². The summed E-state index contributed by atoms with van der Waals surface area (Å²) < 4.78 is 0. The summed E-state index contributed by atoms with van der Waals surface area (Å²) in [5.41, 5.74) is 0. The molecule has 0 amide bonds. The molecular formula is C20H25Si. The van der Waals surface area contributed by atoms with Crippen LogP contribution in [0.25, 0.3) is 0 Å². The number of hydrogen-bond acceptors (Lipinski definition) is 0. The number of rotatable bonds is 7. The molecule has 1 radical (unpaired) electrons. The zero-order valence-electron chi connectivity index (χ0n) is 13.2. The van der Waals surface area contributed by atoms with E-state index in [0.717, 1.165) is 0 Å². The molecule has 0 atom stereocenters. The van der Waals surface area contributed by atoms with E-state index in [-0.39, 0.29) is 0 Å². The van der Waals surface area contributed by atoms with Gasteiger partial charge in [-0.3, -0.25) is 0 Å². The van der Waals surface area contributed by atoms with Crippen LogP contribution in [-0.4, -0.2) is 8.80 Å². The lowest BCUT2D eigenvalue weighted by molar-refractivity contribution is 0.907. The largest absolute Gasteiger partial charge is 0.150 e. The average Bonchev–Trinajstić information content (AvgIpc) is 2.55. The highest BCUT2D eigenvalue weighted by Gasteiger charge is 2.20. The van der Waals surface area contributed by atoms with E-state index >= 15 is 0 Å². The third-order valence-corrected chi connectivity index (χ3v) is 6.56. The Labute approximate surface area is 131 Å². The molecule has 1 heteroatoms. The Morgan fingerprint density at radius 2 is 1.33 bits per heavy atom. The molecule has 0 saturated heterocycles. The Balaban J connectivity index is 2.44. The van der Waals surface area contributed by atoms with Crippen molar-refractivity contribution >= 4 is 19.2 Å². The van der Waals surface area contributed by atoms with E-state index in [1.165, 1.54) is 36.1 Å². The first kappa shape index (κ1) is 15.8. The molecular weight excluding hydrogens is 268 g/mol. The Morgan fingerprint density at radius 1 is 0.810 bits per heavy atom. The van der Waals surface area contributed by atoms with Gasteiger partial charge in [0.2, 0.25) is 0 Å². The van der Waals surface area contributed by atoms with Crippen molar-refractivity contribution in [3.63, 3.8) is 0 Å². The molecule has 0 aromatic heterocycles. The van der Waals surface area contributed by atoms with E-state index in [9.17, 15) is 0 Å². The first-order valence-corrected chi connectivity index (χ1v) is 9.54. The molecule has 0 saturated carbocycles. The van der Waals surface area contributed by atoms with Gasteiger partial charge < -0.3 is 0 Å². The average molecular weight is 294 g/mol. The summed E-state index contributed by atoms with van der Waals surface area (Å²) in [4.78, 5) is 0. The molecule has 2 rings (SSSR count). The van der Waals surface area contributed by atoms with Gasteiger partial charge in [0.15, 0.2) is 0 Å². The van der Waals surface area contributed by atoms with Crippen molar-refractivity contribution in [3.8, 4) is 0 Å². The SMILES string of the molecule is CCC/C=C(\CCC)[Si](c1ccccc1)c1ccccc1. The van der Waals surface area contributed by atoms with Crippen LogP contribution in [0.1, 0.15) is 39.5 Å². The summed E-state index contributed by atoms with van der Waals surface area (Å²) in [6, 6.07) is 22.1. The molecule has 21 heavy (non-hydrogen) atoms. The molecule has 0 aliphatic heterocycles. The number of benzene rings is 2. The van der Waals surface area contributed by atoms with Gasteiger partial charge in [0.25, 0.3) is 0 Å². The summed E-state index contributed by atoms with van der Waals surface area (Å²) in [5.74, 6) is 0. The molecule has 0 aliphatic carbocycles. The van der Waals surface area contributed by atoms with Gasteiger partial charge in [-0.15, -0.1) is 0 Å². The van der Waals surface area contributed by atoms with Gasteiger partial charge in [-0.05, 0) is 12.8 Å². The van der Waals surface area contributed by atoms with Gasteiger partial charge in [0.1, 0.15) is 8.80 Å². The number of allylic oxidation sites excluding steroid dienone is 2. The molecule has 0 fully saturated rings. The summed E-state index contributed by atoms with van der Waals surface area (Å²) in [7, 11) is -0.812. The Bertz CT molecular complexity index is 503. The van der Waals surface area contributed by atoms with E-state index in [4.69, 9.17) is 0 Å². The first-order valence-electron chi connectivity index (χ1n) is 8.04. The van der Waals surface area contributed by atoms with Crippen LogP contribution in [0.2, 0.25) is 0 Å². The number of unbranched alkanes of at least 4 members (excludes halogenated alkanes) is 1. The van der Waals surface area contributed by atoms with Crippen LogP contribution < -0.4 is 10.4 Å². The maximum Gasteiger partial charge on any atom is 0.150 e. The lowest BCUT2D eigenvalue weighted by Crippen LogP contribution is -2.44. The zero-order valence-corrected chi connectivity index (χ0v) is 14.2. The normalized spacial score (nSPS) is 11.9. The van der Waals surface area contributed by atoms with E-state index < -0.39 is 8.80 Å². The Hall–Kier alpha value is -1.60. The summed E-state index contributed by atoms with van der Waals surface area (Å²) >= 11 is 0. The van der Waals surface area contributed by atoms with Crippen molar-refractivity contribution in [1.82, 2.24) is 0 Å². The van der Waals surface area contributed by atoms with Crippen molar-refractivity contribution in [2.45, 2.75) is 39.5 Å². The molecule has 0 nitrogen and oxygen atoms in total. The van der Waals surface area contributed by atoms with E-state index in [1.54, 1.807) is 5.20 Å². The summed E-state index contributed by atoms with van der Waals surface area (Å²) in [6.45, 7) is 4.55. The lowest BCUT2D eigenvalue weighted by Gasteiger charge is -2.20. The second kappa shape index (κ2) is 8.63. The van der Waals surface area contributed by atoms with E-state index in [2.05, 4.69) is 80.6 Å². The van der Waals surface area contributed by atoms with Gasteiger partial charge in [-0.2, -0.15) is 0 Å². The lowest BCUT2D eigenvalue weighted by atomic mass is 10.2. The Morgan fingerprint density at radius 3 is 1.76 bits per heavy atom. The molecule has 2 aromatic rings. The second-order valence-corrected chi connectivity index (χ2v) is 7.92. The van der Waals surface area contributed by atoms with Crippen LogP contribution in [-0.2, 0) is 0 Å². The maximum absolute atomic E-state index is 2.51. The molecule has 0 unspecified atom stereocenters. The van der Waals surface area contributed by atoms with Gasteiger partial charge in [0, 0.05) is 0 Å². The molecule has 0 heterocycles. The van der Waals surface area contributed by atoms with Crippen molar-refractivity contribution in [2.24, 2.45) is 0 Å². The smallest absolute Gasteiger partial charge is 0.0887 e. The van der Waals surface area contributed by atoms with Gasteiger partial charge in [-0.25, -0.2) is 0 Å². The summed E-state index contributed by atoms with van der Waals surface area (Å²) in [5, 5.41) is 4.68. The van der Waals surface area contributed by atoms with Crippen molar-refractivity contribution < 1.29 is 0 Å². The van der Waals surface area contributed by atoms with Crippen molar-refractivity contribution in [3.05, 3.63) is 71.9 Å². The minimum atomic E-state index is -0.812. The molecule has 0 N–H and O–H groups in total. The molecule has 109 valence electrons. The van der Waals surface area contributed by atoms with Crippen LogP contribution in [0.4, 0.5) is 0 Å². The van der Waals surface area contributed by atoms with Crippen molar-refractivity contribution in [2.75, 3.05) is 0 Å². The van der Waals surface area contributed by atoms with E-state index in [0.29, 0.717) is 0 Å². The molecule has 0 bridgehead atoms. The molecule has 0 spiro atoms. The van der Waals surface area contributed by atoms with Crippen LogP contribution in [0, 0.1) is 0 Å². The fraction of sp³-hybridized carbons (Fsp3) is 0.300. The first-order chi connectivity index (χ1) is 10.4. The number of hydrogen-bond donors (Lipinski definition) is 0. The predicted octanol–water partition coefficient (Wildman–Crippen LogP) is 4.36. The monoisotopic (exact) mass is 293 g/mol. The topological polar surface area (TPSA) is 0 Å². The predicted molar refractivity (Wildman–Crippen MR) is 95.8 cm³/mol. The highest BCUT2D eigenvalue weighted by atomic mass is 28.3. The Kier molecular flexibility index (Phi) is 6.49. The maximum atomic E-state index is 2.51.